The molecule has 0 amide bonds. The highest BCUT2D eigenvalue weighted by molar-refractivity contribution is 9.10. The summed E-state index contributed by atoms with van der Waals surface area (Å²) in [4.78, 5) is 0. The molecule has 3 nitrogen and oxygen atoms in total. The first-order chi connectivity index (χ1) is 9.69. The van der Waals surface area contributed by atoms with Gasteiger partial charge in [0.25, 0.3) is 0 Å². The molecule has 0 fully saturated rings. The number of nitrogens with zero attached hydrogens (tertiary/aromatic N) is 1. The van der Waals surface area contributed by atoms with E-state index in [1.54, 1.807) is 24.3 Å². The minimum atomic E-state index is -0.252. The summed E-state index contributed by atoms with van der Waals surface area (Å²) in [6.07, 6.45) is 0. The minimum Gasteiger partial charge on any atom is -0.479 e. The molecule has 5 heteroatoms. The van der Waals surface area contributed by atoms with Crippen LogP contribution in [0.3, 0.4) is 0 Å². The first-order valence-electron chi connectivity index (χ1n) is 5.96. The zero-order valence-electron chi connectivity index (χ0n) is 10.6. The van der Waals surface area contributed by atoms with E-state index in [9.17, 15) is 4.39 Å². The molecule has 0 heterocycles. The number of nitriles is 1. The van der Waals surface area contributed by atoms with Crippen LogP contribution in [0, 0.1) is 17.1 Å². The van der Waals surface area contributed by atoms with Crippen molar-refractivity contribution in [1.29, 1.82) is 5.26 Å². The maximum atomic E-state index is 13.6. The Balaban J connectivity index is 2.03. The van der Waals surface area contributed by atoms with Gasteiger partial charge in [0, 0.05) is 28.3 Å². The topological polar surface area (TPSA) is 45.0 Å². The number of benzene rings is 2. The first kappa shape index (κ1) is 14.4. The predicted octanol–water partition coefficient (Wildman–Crippen LogP) is 4.10. The van der Waals surface area contributed by atoms with Crippen molar-refractivity contribution in [2.75, 3.05) is 11.9 Å². The molecule has 1 N–H and O–H groups in total. The standard InChI is InChI=1S/C15H12BrFN2O/c16-12-4-5-15(17)11(8-12)10-19-13-2-1-3-14(9-13)20-7-6-18/h1-5,8-9,19H,7,10H2. The highest BCUT2D eigenvalue weighted by Gasteiger charge is 2.03. The second-order valence-electron chi connectivity index (χ2n) is 4.06. The molecular formula is C15H12BrFN2O. The third-order valence-electron chi connectivity index (χ3n) is 2.63. The Morgan fingerprint density at radius 3 is 2.90 bits per heavy atom. The van der Waals surface area contributed by atoms with E-state index < -0.39 is 0 Å². The van der Waals surface area contributed by atoms with Crippen molar-refractivity contribution in [3.05, 3.63) is 58.3 Å². The fraction of sp³-hybridized carbons (Fsp3) is 0.133. The van der Waals surface area contributed by atoms with Gasteiger partial charge in [-0.2, -0.15) is 5.26 Å². The number of ether oxygens (including phenoxy) is 1. The van der Waals surface area contributed by atoms with E-state index in [0.29, 0.717) is 17.9 Å². The van der Waals surface area contributed by atoms with Gasteiger partial charge in [-0.1, -0.05) is 22.0 Å². The van der Waals surface area contributed by atoms with Crippen molar-refractivity contribution < 1.29 is 9.13 Å². The Kier molecular flexibility index (Phi) is 4.97. The summed E-state index contributed by atoms with van der Waals surface area (Å²) in [5.41, 5.74) is 1.38. The molecule has 0 saturated heterocycles. The van der Waals surface area contributed by atoms with Crippen molar-refractivity contribution in [3.63, 3.8) is 0 Å². The zero-order valence-corrected chi connectivity index (χ0v) is 12.2. The van der Waals surface area contributed by atoms with E-state index in [0.717, 1.165) is 10.2 Å². The summed E-state index contributed by atoms with van der Waals surface area (Å²) in [5.74, 6) is 0.351. The summed E-state index contributed by atoms with van der Waals surface area (Å²) in [6.45, 7) is 0.372. The van der Waals surface area contributed by atoms with E-state index in [1.165, 1.54) is 6.07 Å². The van der Waals surface area contributed by atoms with Crippen LogP contribution in [0.5, 0.6) is 5.75 Å². The molecule has 0 bridgehead atoms. The van der Waals surface area contributed by atoms with Gasteiger partial charge in [0.15, 0.2) is 6.61 Å². The van der Waals surface area contributed by atoms with Crippen molar-refractivity contribution >= 4 is 21.6 Å². The quantitative estimate of drug-likeness (QED) is 0.895. The van der Waals surface area contributed by atoms with Gasteiger partial charge >= 0.3 is 0 Å². The maximum absolute atomic E-state index is 13.6. The summed E-state index contributed by atoms with van der Waals surface area (Å²) >= 11 is 3.32. The van der Waals surface area contributed by atoms with Crippen LogP contribution in [0.15, 0.2) is 46.9 Å². The predicted molar refractivity (Wildman–Crippen MR) is 79.0 cm³/mol. The Labute approximate surface area is 125 Å². The molecule has 0 atom stereocenters. The lowest BCUT2D eigenvalue weighted by Gasteiger charge is -2.09. The van der Waals surface area contributed by atoms with Crippen LogP contribution in [0.1, 0.15) is 5.56 Å². The van der Waals surface area contributed by atoms with Crippen LogP contribution in [-0.4, -0.2) is 6.61 Å². The van der Waals surface area contributed by atoms with Gasteiger partial charge < -0.3 is 10.1 Å². The molecule has 0 unspecified atom stereocenters. The van der Waals surface area contributed by atoms with E-state index in [4.69, 9.17) is 10.00 Å². The van der Waals surface area contributed by atoms with Crippen LogP contribution in [-0.2, 0) is 6.54 Å². The summed E-state index contributed by atoms with van der Waals surface area (Å²) < 4.78 is 19.6. The molecule has 0 spiro atoms. The average Bonchev–Trinajstić information content (AvgIpc) is 2.46. The van der Waals surface area contributed by atoms with Crippen molar-refractivity contribution in [3.8, 4) is 11.8 Å². The highest BCUT2D eigenvalue weighted by Crippen LogP contribution is 2.20. The van der Waals surface area contributed by atoms with E-state index >= 15 is 0 Å². The number of anilines is 1. The molecule has 2 rings (SSSR count). The Morgan fingerprint density at radius 2 is 2.10 bits per heavy atom. The molecule has 2 aromatic rings. The van der Waals surface area contributed by atoms with Crippen LogP contribution >= 0.6 is 15.9 Å². The third kappa shape index (κ3) is 3.97. The normalized spacial score (nSPS) is 9.85. The average molecular weight is 335 g/mol. The highest BCUT2D eigenvalue weighted by atomic mass is 79.9. The minimum absolute atomic E-state index is 0.00368. The molecule has 0 aromatic heterocycles. The van der Waals surface area contributed by atoms with Crippen molar-refractivity contribution in [2.45, 2.75) is 6.54 Å². The van der Waals surface area contributed by atoms with Gasteiger partial charge in [0.1, 0.15) is 17.6 Å². The van der Waals surface area contributed by atoms with Gasteiger partial charge in [-0.15, -0.1) is 0 Å². The second-order valence-corrected chi connectivity index (χ2v) is 4.98. The summed E-state index contributed by atoms with van der Waals surface area (Å²) in [7, 11) is 0. The molecule has 0 aliphatic carbocycles. The van der Waals surface area contributed by atoms with Gasteiger partial charge in [0.05, 0.1) is 0 Å². The lowest BCUT2D eigenvalue weighted by atomic mass is 10.2. The Morgan fingerprint density at radius 1 is 1.25 bits per heavy atom. The van der Waals surface area contributed by atoms with Gasteiger partial charge in [-0.25, -0.2) is 4.39 Å². The largest absolute Gasteiger partial charge is 0.479 e. The number of rotatable bonds is 5. The molecular weight excluding hydrogens is 323 g/mol. The number of halogens is 2. The fourth-order valence-electron chi connectivity index (χ4n) is 1.69. The molecule has 102 valence electrons. The van der Waals surface area contributed by atoms with Crippen molar-refractivity contribution in [2.24, 2.45) is 0 Å². The monoisotopic (exact) mass is 334 g/mol. The summed E-state index contributed by atoms with van der Waals surface area (Å²) in [6, 6.07) is 13.9. The van der Waals surface area contributed by atoms with E-state index in [2.05, 4.69) is 21.2 Å². The lowest BCUT2D eigenvalue weighted by molar-refractivity contribution is 0.368. The fourth-order valence-corrected chi connectivity index (χ4v) is 2.10. The summed E-state index contributed by atoms with van der Waals surface area (Å²) in [5, 5.41) is 11.6. The zero-order chi connectivity index (χ0) is 14.4. The SMILES string of the molecule is N#CCOc1cccc(NCc2cc(Br)ccc2F)c1. The molecule has 0 aliphatic rings. The van der Waals surface area contributed by atoms with Crippen molar-refractivity contribution in [1.82, 2.24) is 0 Å². The Hall–Kier alpha value is -2.06. The third-order valence-corrected chi connectivity index (χ3v) is 3.12. The van der Waals surface area contributed by atoms with Gasteiger partial charge in [-0.05, 0) is 30.3 Å². The molecule has 0 aliphatic heterocycles. The molecule has 20 heavy (non-hydrogen) atoms. The first-order valence-corrected chi connectivity index (χ1v) is 6.76. The van der Waals surface area contributed by atoms with E-state index in [-0.39, 0.29) is 12.4 Å². The molecule has 2 aromatic carbocycles. The van der Waals surface area contributed by atoms with Crippen LogP contribution in [0.25, 0.3) is 0 Å². The van der Waals surface area contributed by atoms with E-state index in [1.807, 2.05) is 18.2 Å². The second kappa shape index (κ2) is 6.92. The van der Waals surface area contributed by atoms with Crippen LogP contribution in [0.2, 0.25) is 0 Å². The molecule has 0 saturated carbocycles. The number of hydrogen-bond acceptors (Lipinski definition) is 3. The number of hydrogen-bond donors (Lipinski definition) is 1. The number of nitrogens with one attached hydrogen (secondary N) is 1. The smallest absolute Gasteiger partial charge is 0.174 e. The van der Waals surface area contributed by atoms with Crippen LogP contribution in [0.4, 0.5) is 10.1 Å². The molecule has 0 radical (unpaired) electrons. The van der Waals surface area contributed by atoms with Gasteiger partial charge in [-0.3, -0.25) is 0 Å². The van der Waals surface area contributed by atoms with Crippen LogP contribution < -0.4 is 10.1 Å². The maximum Gasteiger partial charge on any atom is 0.174 e. The van der Waals surface area contributed by atoms with Gasteiger partial charge in [0.2, 0.25) is 0 Å². The Bertz CT molecular complexity index is 640. The lowest BCUT2D eigenvalue weighted by Crippen LogP contribution is -2.02.